The van der Waals surface area contributed by atoms with Crippen molar-refractivity contribution in [1.82, 2.24) is 0 Å². The summed E-state index contributed by atoms with van der Waals surface area (Å²) in [7, 11) is -1.49. The van der Waals surface area contributed by atoms with Crippen molar-refractivity contribution in [2.75, 3.05) is 0 Å². The van der Waals surface area contributed by atoms with Crippen LogP contribution in [0.15, 0.2) is 48.5 Å². The van der Waals surface area contributed by atoms with E-state index in [2.05, 4.69) is 70.0 Å². The lowest BCUT2D eigenvalue weighted by Crippen LogP contribution is -2.49. The average molecular weight is 310 g/mol. The molecule has 0 spiro atoms. The molecule has 0 heterocycles. The van der Waals surface area contributed by atoms with E-state index in [1.54, 1.807) is 12.1 Å². The molecule has 0 N–H and O–H groups in total. The molecule has 0 aliphatic heterocycles. The van der Waals surface area contributed by atoms with Crippen LogP contribution in [-0.4, -0.2) is 8.07 Å². The van der Waals surface area contributed by atoms with E-state index in [0.717, 1.165) is 11.1 Å². The lowest BCUT2D eigenvalue weighted by molar-refractivity contribution is 0.627. The number of rotatable bonds is 1. The molecule has 0 unspecified atom stereocenters. The predicted molar refractivity (Wildman–Crippen MR) is 95.7 cm³/mol. The fourth-order valence-electron chi connectivity index (χ4n) is 2.08. The Balaban J connectivity index is 2.22. The molecule has 0 aliphatic carbocycles. The van der Waals surface area contributed by atoms with Crippen molar-refractivity contribution in [2.45, 2.75) is 38.9 Å². The van der Waals surface area contributed by atoms with E-state index in [4.69, 9.17) is 0 Å². The first-order chi connectivity index (χ1) is 10.2. The number of hydrogen-bond donors (Lipinski definition) is 0. The summed E-state index contributed by atoms with van der Waals surface area (Å²) in [4.78, 5) is 0. The van der Waals surface area contributed by atoms with Gasteiger partial charge in [0.25, 0.3) is 0 Å². The molecule has 0 saturated carbocycles. The highest BCUT2D eigenvalue weighted by Gasteiger charge is 2.36. The van der Waals surface area contributed by atoms with Gasteiger partial charge < -0.3 is 0 Å². The summed E-state index contributed by atoms with van der Waals surface area (Å²) in [5.41, 5.74) is 1.82. The Morgan fingerprint density at radius 2 is 1.18 bits per heavy atom. The summed E-state index contributed by atoms with van der Waals surface area (Å²) in [6.45, 7) is 11.8. The average Bonchev–Trinajstić information content (AvgIpc) is 2.46. The van der Waals surface area contributed by atoms with Crippen LogP contribution in [0.4, 0.5) is 4.39 Å². The molecule has 0 aliphatic rings. The third-order valence-electron chi connectivity index (χ3n) is 4.68. The highest BCUT2D eigenvalue weighted by Crippen LogP contribution is 2.35. The summed E-state index contributed by atoms with van der Waals surface area (Å²) in [5, 5.41) is 1.78. The quantitative estimate of drug-likeness (QED) is 0.517. The van der Waals surface area contributed by atoms with E-state index < -0.39 is 8.07 Å². The molecule has 0 bridgehead atoms. The molecule has 0 aromatic heterocycles. The van der Waals surface area contributed by atoms with Crippen LogP contribution in [0.3, 0.4) is 0 Å². The maximum Gasteiger partial charge on any atom is 0.123 e. The van der Waals surface area contributed by atoms with Crippen LogP contribution < -0.4 is 5.19 Å². The van der Waals surface area contributed by atoms with Crippen molar-refractivity contribution in [1.29, 1.82) is 0 Å². The molecular formula is C20H23FSi. The van der Waals surface area contributed by atoms with Crippen LogP contribution in [-0.2, 0) is 0 Å². The van der Waals surface area contributed by atoms with E-state index >= 15 is 0 Å². The van der Waals surface area contributed by atoms with Gasteiger partial charge in [0.1, 0.15) is 5.82 Å². The molecule has 0 fully saturated rings. The minimum atomic E-state index is -1.49. The lowest BCUT2D eigenvalue weighted by atomic mass is 10.2. The molecule has 114 valence electrons. The second-order valence-electron chi connectivity index (χ2n) is 7.21. The zero-order chi connectivity index (χ0) is 16.4. The zero-order valence-corrected chi connectivity index (χ0v) is 15.0. The third kappa shape index (κ3) is 3.67. The zero-order valence-electron chi connectivity index (χ0n) is 14.0. The van der Waals surface area contributed by atoms with E-state index in [9.17, 15) is 4.39 Å². The predicted octanol–water partition coefficient (Wildman–Crippen LogP) is 4.94. The number of hydrogen-bond acceptors (Lipinski definition) is 0. The van der Waals surface area contributed by atoms with Gasteiger partial charge in [-0.1, -0.05) is 63.0 Å². The van der Waals surface area contributed by atoms with Crippen molar-refractivity contribution < 1.29 is 4.39 Å². The Hall–Kier alpha value is -1.85. The molecule has 0 atom stereocenters. The molecular weight excluding hydrogens is 287 g/mol. The van der Waals surface area contributed by atoms with Crippen molar-refractivity contribution in [3.63, 3.8) is 0 Å². The first-order valence-corrected chi connectivity index (χ1v) is 10.6. The second kappa shape index (κ2) is 6.10. The Morgan fingerprint density at radius 1 is 0.773 bits per heavy atom. The molecule has 2 aromatic rings. The first kappa shape index (κ1) is 16.5. The molecule has 2 aromatic carbocycles. The van der Waals surface area contributed by atoms with Gasteiger partial charge in [-0.2, -0.15) is 0 Å². The smallest absolute Gasteiger partial charge is 0.123 e. The Bertz CT molecular complexity index is 693. The van der Waals surface area contributed by atoms with Crippen molar-refractivity contribution >= 4 is 13.3 Å². The molecule has 0 radical (unpaired) electrons. The Morgan fingerprint density at radius 3 is 1.59 bits per heavy atom. The maximum absolute atomic E-state index is 12.9. The standard InChI is InChI=1S/C20H23FSi/c1-20(2,3)22(4,5)19-14-10-17(11-15-19)7-6-16-8-12-18(21)13-9-16/h8-15H,1-5H3. The van der Waals surface area contributed by atoms with Gasteiger partial charge in [0.15, 0.2) is 0 Å². The molecule has 0 saturated heterocycles. The van der Waals surface area contributed by atoms with Crippen LogP contribution in [0.5, 0.6) is 0 Å². The van der Waals surface area contributed by atoms with Crippen molar-refractivity contribution in [3.8, 4) is 11.8 Å². The van der Waals surface area contributed by atoms with Crippen LogP contribution in [0.2, 0.25) is 18.1 Å². The molecule has 22 heavy (non-hydrogen) atoms. The molecule has 0 nitrogen and oxygen atoms in total. The van der Waals surface area contributed by atoms with Gasteiger partial charge in [-0.05, 0) is 41.4 Å². The maximum atomic E-state index is 12.9. The Labute approximate surface area is 134 Å². The largest absolute Gasteiger partial charge is 0.207 e. The third-order valence-corrected chi connectivity index (χ3v) is 10.2. The Kier molecular flexibility index (Phi) is 4.58. The monoisotopic (exact) mass is 310 g/mol. The molecule has 2 heteroatoms. The SMILES string of the molecule is CC(C)(C)[Si](C)(C)c1ccc(C#Cc2ccc(F)cc2)cc1. The fraction of sp³-hybridized carbons (Fsp3) is 0.300. The van der Waals surface area contributed by atoms with E-state index in [1.165, 1.54) is 17.3 Å². The van der Waals surface area contributed by atoms with Gasteiger partial charge in [-0.15, -0.1) is 0 Å². The van der Waals surface area contributed by atoms with E-state index in [-0.39, 0.29) is 5.82 Å². The summed E-state index contributed by atoms with van der Waals surface area (Å²) >= 11 is 0. The fourth-order valence-corrected chi connectivity index (χ4v) is 3.95. The van der Waals surface area contributed by atoms with Gasteiger partial charge in [-0.25, -0.2) is 4.39 Å². The van der Waals surface area contributed by atoms with E-state index in [1.807, 2.05) is 0 Å². The molecule has 0 amide bonds. The number of halogens is 1. The van der Waals surface area contributed by atoms with Gasteiger partial charge >= 0.3 is 0 Å². The molecule has 2 rings (SSSR count). The minimum absolute atomic E-state index is 0.232. The highest BCUT2D eigenvalue weighted by molar-refractivity contribution is 6.92. The van der Waals surface area contributed by atoms with Crippen LogP contribution >= 0.6 is 0 Å². The summed E-state index contributed by atoms with van der Waals surface area (Å²) in [6, 6.07) is 14.9. The van der Waals surface area contributed by atoms with Crippen molar-refractivity contribution in [2.24, 2.45) is 0 Å². The topological polar surface area (TPSA) is 0 Å². The van der Waals surface area contributed by atoms with Crippen LogP contribution in [0.25, 0.3) is 0 Å². The first-order valence-electron chi connectivity index (χ1n) is 7.58. The van der Waals surface area contributed by atoms with E-state index in [0.29, 0.717) is 5.04 Å². The summed E-state index contributed by atoms with van der Waals surface area (Å²) in [6.07, 6.45) is 0. The highest BCUT2D eigenvalue weighted by atomic mass is 28.3. The van der Waals surface area contributed by atoms with Gasteiger partial charge in [0, 0.05) is 11.1 Å². The second-order valence-corrected chi connectivity index (χ2v) is 12.5. The van der Waals surface area contributed by atoms with Gasteiger partial charge in [-0.3, -0.25) is 0 Å². The van der Waals surface area contributed by atoms with Crippen molar-refractivity contribution in [3.05, 3.63) is 65.5 Å². The minimum Gasteiger partial charge on any atom is -0.207 e. The number of benzene rings is 2. The lowest BCUT2D eigenvalue weighted by Gasteiger charge is -2.37. The van der Waals surface area contributed by atoms with Crippen LogP contribution in [0, 0.1) is 17.7 Å². The summed E-state index contributed by atoms with van der Waals surface area (Å²) < 4.78 is 12.9. The van der Waals surface area contributed by atoms with Crippen LogP contribution in [0.1, 0.15) is 31.9 Å². The van der Waals surface area contributed by atoms with Gasteiger partial charge in [0.2, 0.25) is 0 Å². The van der Waals surface area contributed by atoms with Gasteiger partial charge in [0.05, 0.1) is 8.07 Å². The normalized spacial score (nSPS) is 11.7. The summed E-state index contributed by atoms with van der Waals surface area (Å²) in [5.74, 6) is 5.98.